The number of nitrogens with zero attached hydrogens (tertiary/aromatic N) is 7. The fourth-order valence-corrected chi connectivity index (χ4v) is 17.7. The second-order valence-electron chi connectivity index (χ2n) is 36.5. The Balaban J connectivity index is 0.000000160. The number of benzene rings is 6. The number of aromatic carboxylic acids is 1. The number of rotatable bonds is 25. The average Bonchev–Trinajstić information content (AvgIpc) is 1.72. The van der Waals surface area contributed by atoms with Crippen molar-refractivity contribution in [1.82, 2.24) is 66.4 Å². The molecule has 0 radical (unpaired) electrons. The minimum absolute atomic E-state index is 0.00805. The molecular formula is C95H100F8N18O15. The molecule has 2 saturated carbocycles. The topological polar surface area (TPSA) is 440 Å². The molecule has 0 spiro atoms. The SMILES string of the molecule is CC(C)(C)OC(=O)N1CC(Nc2c(C(=O)NC3CC3)cnc3cc(C(F)(F)F)c(-c4ccc(C(=O)O)c(F)c4)cc23)C1.NC1CCN(CCCNc2cccc3c2C(=O)N(C2CCC(=O)NC2=O)C3=O)CC1.O=C1CCC(N2C(=O)c3cccc(NC4CCN(CCCNC(=O)c5ccc(-c6cc7c(NC8CNC8)c(C(=O)NC8CC8)cnc7cc6C(F)(F)F)cc5F)CC4)c3C2=O)C(=O)N1. The van der Waals surface area contributed by atoms with Gasteiger partial charge < -0.3 is 72.8 Å². The van der Waals surface area contributed by atoms with Gasteiger partial charge in [-0.25, -0.2) is 18.4 Å². The van der Waals surface area contributed by atoms with Crippen molar-refractivity contribution in [2.45, 2.75) is 177 Å². The molecule has 10 aliphatic rings. The number of carboxylic acid groups (broad SMARTS) is 1. The number of carboxylic acids is 1. The van der Waals surface area contributed by atoms with Gasteiger partial charge in [0.1, 0.15) is 29.3 Å². The van der Waals surface area contributed by atoms with Crippen molar-refractivity contribution in [3.63, 3.8) is 0 Å². The van der Waals surface area contributed by atoms with Crippen molar-refractivity contribution in [2.24, 2.45) is 5.73 Å². The number of halogens is 8. The van der Waals surface area contributed by atoms with E-state index < -0.39 is 129 Å². The van der Waals surface area contributed by atoms with Gasteiger partial charge in [-0.1, -0.05) is 24.3 Å². The Morgan fingerprint density at radius 1 is 0.500 bits per heavy atom. The number of amides is 12. The molecule has 2 aliphatic carbocycles. The number of carbonyl (C=O) groups is 13. The number of alkyl halides is 6. The summed E-state index contributed by atoms with van der Waals surface area (Å²) in [5.41, 5.74) is 3.93. The zero-order valence-electron chi connectivity index (χ0n) is 74.3. The Bertz CT molecular complexity index is 6160. The highest BCUT2D eigenvalue weighted by Crippen LogP contribution is 2.46. The largest absolute Gasteiger partial charge is 0.478 e. The molecule has 8 aromatic rings. The lowest BCUT2D eigenvalue weighted by molar-refractivity contribution is -0.137. The fourth-order valence-electron chi connectivity index (χ4n) is 17.7. The van der Waals surface area contributed by atoms with E-state index in [0.29, 0.717) is 92.8 Å². The van der Waals surface area contributed by atoms with E-state index in [1.165, 1.54) is 35.5 Å². The van der Waals surface area contributed by atoms with Gasteiger partial charge in [-0.2, -0.15) is 26.3 Å². The first kappa shape index (κ1) is 95.5. The highest BCUT2D eigenvalue weighted by molar-refractivity contribution is 6.27. The van der Waals surface area contributed by atoms with E-state index in [1.54, 1.807) is 57.2 Å². The van der Waals surface area contributed by atoms with E-state index in [4.69, 9.17) is 15.6 Å². The van der Waals surface area contributed by atoms with Gasteiger partial charge in [-0.3, -0.25) is 83.1 Å². The smallest absolute Gasteiger partial charge is 0.417 e. The third-order valence-corrected chi connectivity index (χ3v) is 25.4. The second-order valence-corrected chi connectivity index (χ2v) is 36.5. The number of anilines is 4. The summed E-state index contributed by atoms with van der Waals surface area (Å²) < 4.78 is 122. The van der Waals surface area contributed by atoms with Crippen LogP contribution in [0.3, 0.4) is 0 Å². The first-order valence-corrected chi connectivity index (χ1v) is 45.2. The molecule has 716 valence electrons. The number of pyridine rings is 2. The molecule has 8 fully saturated rings. The number of hydrogen-bond donors (Lipinski definition) is 12. The molecule has 2 unspecified atom stereocenters. The number of nitrogens with one attached hydrogen (secondary N) is 10. The van der Waals surface area contributed by atoms with E-state index in [2.05, 4.69) is 72.9 Å². The molecule has 0 bridgehead atoms. The van der Waals surface area contributed by atoms with Crippen LogP contribution in [0.1, 0.15) is 205 Å². The minimum atomic E-state index is -4.86. The third-order valence-electron chi connectivity index (χ3n) is 25.4. The van der Waals surface area contributed by atoms with E-state index in [-0.39, 0.29) is 159 Å². The molecule has 6 saturated heterocycles. The zero-order chi connectivity index (χ0) is 96.7. The van der Waals surface area contributed by atoms with Crippen LogP contribution in [0.25, 0.3) is 44.1 Å². The number of aromatic nitrogens is 2. The lowest BCUT2D eigenvalue weighted by Crippen LogP contribution is -2.58. The van der Waals surface area contributed by atoms with Crippen molar-refractivity contribution in [2.75, 3.05) is 99.8 Å². The van der Waals surface area contributed by atoms with Gasteiger partial charge in [0.05, 0.1) is 90.1 Å². The van der Waals surface area contributed by atoms with Crippen LogP contribution < -0.4 is 58.9 Å². The summed E-state index contributed by atoms with van der Waals surface area (Å²) >= 11 is 0. The molecular weight excluding hydrogens is 1790 g/mol. The molecule has 136 heavy (non-hydrogen) atoms. The Morgan fingerprint density at radius 2 is 0.963 bits per heavy atom. The molecule has 8 aliphatic heterocycles. The molecule has 12 amide bonds. The number of hydrogen-bond acceptors (Lipinski definition) is 24. The van der Waals surface area contributed by atoms with Gasteiger partial charge in [0.15, 0.2) is 0 Å². The maximum atomic E-state index is 15.7. The lowest BCUT2D eigenvalue weighted by atomic mass is 9.94. The summed E-state index contributed by atoms with van der Waals surface area (Å²) in [5, 5.41) is 38.8. The van der Waals surface area contributed by atoms with Crippen molar-refractivity contribution < 1.29 is 107 Å². The maximum Gasteiger partial charge on any atom is 0.417 e. The van der Waals surface area contributed by atoms with Gasteiger partial charge in [-0.05, 0) is 219 Å². The number of likely N-dealkylation sites (tertiary alicyclic amines) is 3. The summed E-state index contributed by atoms with van der Waals surface area (Å²) in [6.45, 7) is 12.7. The summed E-state index contributed by atoms with van der Waals surface area (Å²) in [7, 11) is 0. The Labute approximate surface area is 773 Å². The summed E-state index contributed by atoms with van der Waals surface area (Å²) in [4.78, 5) is 180. The highest BCUT2D eigenvalue weighted by atomic mass is 19.4. The van der Waals surface area contributed by atoms with Crippen LogP contribution in [-0.2, 0) is 36.3 Å². The first-order chi connectivity index (χ1) is 64.8. The van der Waals surface area contributed by atoms with Crippen molar-refractivity contribution in [3.8, 4) is 22.3 Å². The molecule has 10 heterocycles. The quantitative estimate of drug-likeness (QED) is 0.0144. The van der Waals surface area contributed by atoms with E-state index in [0.717, 1.165) is 117 Å². The Kier molecular flexibility index (Phi) is 27.6. The highest BCUT2D eigenvalue weighted by Gasteiger charge is 2.49. The van der Waals surface area contributed by atoms with E-state index in [9.17, 15) is 93.1 Å². The van der Waals surface area contributed by atoms with Crippen LogP contribution in [0.5, 0.6) is 0 Å². The number of piperidine rings is 4. The summed E-state index contributed by atoms with van der Waals surface area (Å²) in [5.74, 6) is -9.55. The molecule has 2 aromatic heterocycles. The van der Waals surface area contributed by atoms with Crippen LogP contribution in [-0.4, -0.2) is 249 Å². The second kappa shape index (κ2) is 39.3. The van der Waals surface area contributed by atoms with E-state index in [1.807, 2.05) is 0 Å². The van der Waals surface area contributed by atoms with Gasteiger partial charge in [-0.15, -0.1) is 0 Å². The van der Waals surface area contributed by atoms with Crippen LogP contribution in [0.4, 0.5) is 62.7 Å². The number of fused-ring (bicyclic) bond motifs is 4. The van der Waals surface area contributed by atoms with Gasteiger partial charge >= 0.3 is 24.4 Å². The molecule has 2 atom stereocenters. The van der Waals surface area contributed by atoms with Crippen molar-refractivity contribution >= 4 is 122 Å². The van der Waals surface area contributed by atoms with Crippen LogP contribution in [0, 0.1) is 11.6 Å². The molecule has 41 heteroatoms. The molecule has 6 aromatic carbocycles. The molecule has 18 rings (SSSR count). The summed E-state index contributed by atoms with van der Waals surface area (Å²) in [6, 6.07) is 18.2. The number of carbonyl (C=O) groups excluding carboxylic acids is 12. The third kappa shape index (κ3) is 21.3. The number of imide groups is 4. The fraction of sp³-hybridized carbons (Fsp3) is 0.421. The lowest BCUT2D eigenvalue weighted by Gasteiger charge is -2.40. The number of ether oxygens (including phenoxy) is 1. The molecule has 13 N–H and O–H groups in total. The number of nitrogens with two attached hydrogens (primary N) is 1. The average molecular weight is 1890 g/mol. The van der Waals surface area contributed by atoms with Gasteiger partial charge in [0.2, 0.25) is 23.6 Å². The predicted octanol–water partition coefficient (Wildman–Crippen LogP) is 10.4. The maximum absolute atomic E-state index is 15.7. The first-order valence-electron chi connectivity index (χ1n) is 45.2. The standard InChI is InChI=1S/C45H45F4N9O6.C29H28F4N4O5.C21H27N5O4/c46-33-17-23(29-18-30-35(19-32(29)45(47,48)49)52-22-31(41(61)55-24-6-7-24)39(30)54-26-20-50-21-26)5-8-27(33)40(60)51-13-2-14-57-15-11-25(12-16-57)53-34-4-1-3-28-38(34)44(64)58(43(28)63)36-9-10-37(59)56-42(36)62;1-28(2,3)42-27(41)37-12-16(13-37)35-24-19-9-18(14-4-7-17(26(39)40)22(30)8-14)21(29(31,32)33)10-23(19)34-11-20(24)25(38)36-15-5-6-15;22-13-7-11-25(12-8-13)10-2-9-23-15-4-1-3-14-18(15)21(30)26(20(14)29)16-5-6-17(27)24-19(16)28/h1,3-5,8,17-19,22,24-26,36,50,53H,2,6-7,9-16,20-21H2,(H,51,60)(H,52,54)(H,55,61)(H,56,59,62);4,7-11,15-16H,5-6,12-13H2,1-3H3,(H,34,35)(H,36,38)(H,39,40);1,3-4,13,16,23H,2,5-12,22H2,(H,24,27,28). The van der Waals surface area contributed by atoms with Crippen molar-refractivity contribution in [1.29, 1.82) is 0 Å². The van der Waals surface area contributed by atoms with Crippen molar-refractivity contribution in [3.05, 3.63) is 177 Å². The van der Waals surface area contributed by atoms with Gasteiger partial charge in [0, 0.05) is 124 Å². The van der Waals surface area contributed by atoms with Gasteiger partial charge in [0.25, 0.3) is 41.4 Å². The van der Waals surface area contributed by atoms with Crippen LogP contribution in [0.2, 0.25) is 0 Å². The van der Waals surface area contributed by atoms with E-state index >= 15 is 4.39 Å². The normalized spacial score (nSPS) is 19.2. The minimum Gasteiger partial charge on any atom is -0.478 e. The van der Waals surface area contributed by atoms with Crippen LogP contribution in [0.15, 0.2) is 109 Å². The Morgan fingerprint density at radius 3 is 1.41 bits per heavy atom. The zero-order valence-corrected chi connectivity index (χ0v) is 74.3. The summed E-state index contributed by atoms with van der Waals surface area (Å²) in [6.07, 6.45) is 0.821. The Hall–Kier alpha value is -13.7. The predicted molar refractivity (Wildman–Crippen MR) is 481 cm³/mol. The van der Waals surface area contributed by atoms with Crippen LogP contribution >= 0.6 is 0 Å². The molecule has 33 nitrogen and oxygen atoms in total. The monoisotopic (exact) mass is 1880 g/mol.